The Balaban J connectivity index is 1.13. The second-order valence-corrected chi connectivity index (χ2v) is 8.89. The van der Waals surface area contributed by atoms with Crippen LogP contribution in [0.4, 0.5) is 0 Å². The molecule has 0 spiro atoms. The van der Waals surface area contributed by atoms with Crippen molar-refractivity contribution in [1.82, 2.24) is 9.88 Å². The van der Waals surface area contributed by atoms with E-state index in [1.54, 1.807) is 0 Å². The molecule has 30 heavy (non-hydrogen) atoms. The highest BCUT2D eigenvalue weighted by atomic mass is 16.5. The standard InChI is InChI=1S/C25H34N2O3/c28-24(25-26-15-18-29-25)8-4-5-20-13-16-27(17-14-20)19-21-9-11-23(12-10-21)30-22-6-2-1-3-7-22/h9-12,15,18,20,22H,1-8,13-14,16-17,19H2. The molecule has 0 amide bonds. The van der Waals surface area contributed by atoms with E-state index in [0.717, 1.165) is 44.1 Å². The number of oxazole rings is 1. The van der Waals surface area contributed by atoms with Crippen molar-refractivity contribution in [1.29, 1.82) is 0 Å². The van der Waals surface area contributed by atoms with Crippen LogP contribution in [0.25, 0.3) is 0 Å². The molecule has 1 aliphatic carbocycles. The van der Waals surface area contributed by atoms with Gasteiger partial charge in [-0.25, -0.2) is 4.98 Å². The summed E-state index contributed by atoms with van der Waals surface area (Å²) in [6, 6.07) is 8.72. The molecule has 1 saturated carbocycles. The van der Waals surface area contributed by atoms with Crippen molar-refractivity contribution >= 4 is 5.78 Å². The Labute approximate surface area is 179 Å². The third-order valence-electron chi connectivity index (χ3n) is 6.58. The summed E-state index contributed by atoms with van der Waals surface area (Å²) >= 11 is 0. The quantitative estimate of drug-likeness (QED) is 0.500. The molecule has 5 heteroatoms. The number of hydrogen-bond donors (Lipinski definition) is 0. The molecular weight excluding hydrogens is 376 g/mol. The number of likely N-dealkylation sites (tertiary alicyclic amines) is 1. The van der Waals surface area contributed by atoms with E-state index in [1.165, 1.54) is 63.0 Å². The van der Waals surface area contributed by atoms with Crippen LogP contribution in [0.1, 0.15) is 80.5 Å². The van der Waals surface area contributed by atoms with E-state index in [1.807, 2.05) is 0 Å². The first-order chi connectivity index (χ1) is 14.8. The molecule has 162 valence electrons. The first-order valence-electron chi connectivity index (χ1n) is 11.7. The minimum atomic E-state index is 0.0216. The van der Waals surface area contributed by atoms with E-state index in [-0.39, 0.29) is 11.7 Å². The smallest absolute Gasteiger partial charge is 0.263 e. The van der Waals surface area contributed by atoms with Gasteiger partial charge in [0.25, 0.3) is 5.89 Å². The van der Waals surface area contributed by atoms with Crippen LogP contribution in [0.5, 0.6) is 5.75 Å². The van der Waals surface area contributed by atoms with Crippen molar-refractivity contribution < 1.29 is 13.9 Å². The molecule has 0 bridgehead atoms. The number of rotatable bonds is 9. The van der Waals surface area contributed by atoms with Crippen LogP contribution < -0.4 is 4.74 Å². The molecular formula is C25H34N2O3. The van der Waals surface area contributed by atoms with E-state index in [2.05, 4.69) is 34.1 Å². The van der Waals surface area contributed by atoms with Crippen molar-refractivity contribution in [2.75, 3.05) is 13.1 Å². The molecule has 2 fully saturated rings. The van der Waals surface area contributed by atoms with Crippen molar-refractivity contribution in [3.05, 3.63) is 48.2 Å². The largest absolute Gasteiger partial charge is 0.490 e. The van der Waals surface area contributed by atoms with Crippen molar-refractivity contribution in [3.8, 4) is 5.75 Å². The Morgan fingerprint density at radius 3 is 2.53 bits per heavy atom. The van der Waals surface area contributed by atoms with E-state index >= 15 is 0 Å². The van der Waals surface area contributed by atoms with E-state index in [4.69, 9.17) is 9.15 Å². The molecule has 1 aromatic heterocycles. The van der Waals surface area contributed by atoms with Crippen LogP contribution in [-0.2, 0) is 6.54 Å². The Morgan fingerprint density at radius 2 is 1.83 bits per heavy atom. The number of benzene rings is 1. The van der Waals surface area contributed by atoms with Gasteiger partial charge in [0.15, 0.2) is 0 Å². The summed E-state index contributed by atoms with van der Waals surface area (Å²) in [6.45, 7) is 3.29. The van der Waals surface area contributed by atoms with Crippen molar-refractivity contribution in [2.24, 2.45) is 5.92 Å². The molecule has 1 aliphatic heterocycles. The van der Waals surface area contributed by atoms with Crippen LogP contribution >= 0.6 is 0 Å². The third kappa shape index (κ3) is 6.18. The fourth-order valence-corrected chi connectivity index (χ4v) is 4.76. The zero-order chi connectivity index (χ0) is 20.6. The lowest BCUT2D eigenvalue weighted by Gasteiger charge is -2.32. The van der Waals surface area contributed by atoms with Gasteiger partial charge in [0, 0.05) is 13.0 Å². The maximum Gasteiger partial charge on any atom is 0.263 e. The zero-order valence-electron chi connectivity index (χ0n) is 17.9. The fraction of sp³-hybridized carbons (Fsp3) is 0.600. The average molecular weight is 411 g/mol. The van der Waals surface area contributed by atoms with E-state index < -0.39 is 0 Å². The molecule has 2 aromatic rings. The summed E-state index contributed by atoms with van der Waals surface area (Å²) < 4.78 is 11.2. The number of ketones is 1. The fourth-order valence-electron chi connectivity index (χ4n) is 4.76. The first kappa shape index (κ1) is 21.1. The molecule has 0 atom stereocenters. The molecule has 5 nitrogen and oxygen atoms in total. The lowest BCUT2D eigenvalue weighted by molar-refractivity contribution is 0.0940. The van der Waals surface area contributed by atoms with Gasteiger partial charge in [-0.2, -0.15) is 0 Å². The Hall–Kier alpha value is -2.14. The maximum atomic E-state index is 12.0. The Kier molecular flexibility index (Phi) is 7.57. The number of carbonyl (C=O) groups is 1. The average Bonchev–Trinajstić information content (AvgIpc) is 3.32. The highest BCUT2D eigenvalue weighted by Gasteiger charge is 2.20. The molecule has 0 unspecified atom stereocenters. The van der Waals surface area contributed by atoms with Gasteiger partial charge in [-0.1, -0.05) is 18.6 Å². The van der Waals surface area contributed by atoms with Gasteiger partial charge in [0.2, 0.25) is 5.78 Å². The number of Topliss-reactive ketones (excluding diaryl/α,β-unsaturated/α-hetero) is 1. The first-order valence-corrected chi connectivity index (χ1v) is 11.7. The van der Waals surface area contributed by atoms with Crippen LogP contribution in [0.15, 0.2) is 41.1 Å². The highest BCUT2D eigenvalue weighted by Crippen LogP contribution is 2.26. The van der Waals surface area contributed by atoms with Gasteiger partial charge < -0.3 is 9.15 Å². The Morgan fingerprint density at radius 1 is 1.07 bits per heavy atom. The summed E-state index contributed by atoms with van der Waals surface area (Å²) in [5, 5.41) is 0. The number of aromatic nitrogens is 1. The van der Waals surface area contributed by atoms with Gasteiger partial charge in [0.1, 0.15) is 12.0 Å². The summed E-state index contributed by atoms with van der Waals surface area (Å²) in [5.41, 5.74) is 1.36. The van der Waals surface area contributed by atoms with Crippen LogP contribution in [0.2, 0.25) is 0 Å². The predicted molar refractivity (Wildman–Crippen MR) is 117 cm³/mol. The monoisotopic (exact) mass is 410 g/mol. The molecule has 1 aromatic carbocycles. The molecule has 0 radical (unpaired) electrons. The summed E-state index contributed by atoms with van der Waals surface area (Å²) in [7, 11) is 0. The van der Waals surface area contributed by atoms with Gasteiger partial charge in [0.05, 0.1) is 12.3 Å². The number of piperidine rings is 1. The Bertz CT molecular complexity index is 758. The van der Waals surface area contributed by atoms with Crippen LogP contribution in [0.3, 0.4) is 0 Å². The molecule has 2 aliphatic rings. The normalized spacial score (nSPS) is 19.1. The molecule has 0 N–H and O–H groups in total. The van der Waals surface area contributed by atoms with E-state index in [0.29, 0.717) is 12.5 Å². The maximum absolute atomic E-state index is 12.0. The van der Waals surface area contributed by atoms with Crippen molar-refractivity contribution in [3.63, 3.8) is 0 Å². The lowest BCUT2D eigenvalue weighted by atomic mass is 9.91. The second kappa shape index (κ2) is 10.8. The summed E-state index contributed by atoms with van der Waals surface area (Å²) in [5.74, 6) is 2.02. The van der Waals surface area contributed by atoms with Gasteiger partial charge in [-0.15, -0.1) is 0 Å². The third-order valence-corrected chi connectivity index (χ3v) is 6.58. The number of carbonyl (C=O) groups excluding carboxylic acids is 1. The number of hydrogen-bond acceptors (Lipinski definition) is 5. The predicted octanol–water partition coefficient (Wildman–Crippen LogP) is 5.65. The molecule has 2 heterocycles. The van der Waals surface area contributed by atoms with Crippen molar-refractivity contribution in [2.45, 2.75) is 76.9 Å². The van der Waals surface area contributed by atoms with Gasteiger partial charge in [-0.3, -0.25) is 9.69 Å². The topological polar surface area (TPSA) is 55.6 Å². The zero-order valence-corrected chi connectivity index (χ0v) is 17.9. The summed E-state index contributed by atoms with van der Waals surface area (Å²) in [6.07, 6.45) is 14.8. The SMILES string of the molecule is O=C(CCCC1CCN(Cc2ccc(OC3CCCCC3)cc2)CC1)c1ncco1. The molecule has 1 saturated heterocycles. The van der Waals surface area contributed by atoms with Gasteiger partial charge >= 0.3 is 0 Å². The minimum Gasteiger partial charge on any atom is -0.490 e. The number of nitrogens with zero attached hydrogens (tertiary/aromatic N) is 2. The summed E-state index contributed by atoms with van der Waals surface area (Å²) in [4.78, 5) is 18.4. The second-order valence-electron chi connectivity index (χ2n) is 8.89. The minimum absolute atomic E-state index is 0.0216. The highest BCUT2D eigenvalue weighted by molar-refractivity contribution is 5.91. The van der Waals surface area contributed by atoms with E-state index in [9.17, 15) is 4.79 Å². The van der Waals surface area contributed by atoms with Gasteiger partial charge in [-0.05, 0) is 88.1 Å². The lowest BCUT2D eigenvalue weighted by Crippen LogP contribution is -2.33. The number of ether oxygens (including phenoxy) is 1. The van der Waals surface area contributed by atoms with Crippen LogP contribution in [0, 0.1) is 5.92 Å². The van der Waals surface area contributed by atoms with Crippen LogP contribution in [-0.4, -0.2) is 34.9 Å². The molecule has 4 rings (SSSR count).